The summed E-state index contributed by atoms with van der Waals surface area (Å²) in [6, 6.07) is 6.59. The van der Waals surface area contributed by atoms with Crippen LogP contribution in [0.25, 0.3) is 0 Å². The second kappa shape index (κ2) is 13.2. The summed E-state index contributed by atoms with van der Waals surface area (Å²) in [5.74, 6) is 1.75. The van der Waals surface area contributed by atoms with Crippen molar-refractivity contribution in [3.8, 4) is 17.4 Å². The standard InChI is InChI=1S/C27H34N6O6/c1-18(2)38-21-11-20(27(35)30-23-7-8-32(3)31-23)12-22(13-21)39-25-15-28-24(14-29-25)33(16-19-5-6-19)26(34)17-37-10-9-36-4/h7-8,11-15,18-19H,5-6,9-10,16-17H2,1-4H3,(H,30,31,35). The number of carbonyl (C=O) groups is 2. The van der Waals surface area contributed by atoms with Crippen molar-refractivity contribution >= 4 is 23.5 Å². The third-order valence-corrected chi connectivity index (χ3v) is 5.68. The summed E-state index contributed by atoms with van der Waals surface area (Å²) in [5.41, 5.74) is 0.327. The second-order valence-corrected chi connectivity index (χ2v) is 9.50. The first-order valence-electron chi connectivity index (χ1n) is 12.8. The summed E-state index contributed by atoms with van der Waals surface area (Å²) in [4.78, 5) is 36.1. The lowest BCUT2D eigenvalue weighted by Crippen LogP contribution is -2.36. The molecule has 1 aliphatic carbocycles. The van der Waals surface area contributed by atoms with Crippen molar-refractivity contribution < 1.29 is 28.5 Å². The van der Waals surface area contributed by atoms with Crippen LogP contribution in [-0.4, -0.2) is 71.1 Å². The van der Waals surface area contributed by atoms with Gasteiger partial charge < -0.3 is 24.3 Å². The van der Waals surface area contributed by atoms with Crippen LogP contribution in [0.5, 0.6) is 17.4 Å². The Morgan fingerprint density at radius 1 is 1.13 bits per heavy atom. The number of benzene rings is 1. The Labute approximate surface area is 227 Å². The highest BCUT2D eigenvalue weighted by molar-refractivity contribution is 6.04. The lowest BCUT2D eigenvalue weighted by atomic mass is 10.2. The van der Waals surface area contributed by atoms with E-state index >= 15 is 0 Å². The normalized spacial score (nSPS) is 12.8. The van der Waals surface area contributed by atoms with Gasteiger partial charge in [0, 0.05) is 44.6 Å². The minimum absolute atomic E-state index is 0.0675. The summed E-state index contributed by atoms with van der Waals surface area (Å²) >= 11 is 0. The zero-order valence-corrected chi connectivity index (χ0v) is 22.6. The van der Waals surface area contributed by atoms with Crippen molar-refractivity contribution in [3.05, 3.63) is 48.4 Å². The molecule has 1 N–H and O–H groups in total. The molecule has 0 spiro atoms. The molecule has 1 saturated carbocycles. The Hall–Kier alpha value is -4.03. The molecule has 12 heteroatoms. The summed E-state index contributed by atoms with van der Waals surface area (Å²) in [6.07, 6.45) is 6.71. The van der Waals surface area contributed by atoms with Gasteiger partial charge in [-0.1, -0.05) is 0 Å². The molecule has 1 aliphatic rings. The summed E-state index contributed by atoms with van der Waals surface area (Å²) in [6.45, 7) is 5.02. The maximum absolute atomic E-state index is 12.9. The molecule has 0 bridgehead atoms. The van der Waals surface area contributed by atoms with Crippen LogP contribution in [0.2, 0.25) is 0 Å². The first-order chi connectivity index (χ1) is 18.8. The maximum Gasteiger partial charge on any atom is 0.257 e. The molecule has 208 valence electrons. The van der Waals surface area contributed by atoms with Gasteiger partial charge in [0.25, 0.3) is 11.8 Å². The van der Waals surface area contributed by atoms with E-state index in [1.54, 1.807) is 54.2 Å². The summed E-state index contributed by atoms with van der Waals surface area (Å²) < 4.78 is 23.7. The monoisotopic (exact) mass is 538 g/mol. The van der Waals surface area contributed by atoms with E-state index in [4.69, 9.17) is 18.9 Å². The number of anilines is 2. The highest BCUT2D eigenvalue weighted by Crippen LogP contribution is 2.32. The lowest BCUT2D eigenvalue weighted by molar-refractivity contribution is -0.123. The number of hydrogen-bond acceptors (Lipinski definition) is 9. The molecule has 4 rings (SSSR count). The molecule has 2 aromatic heterocycles. The van der Waals surface area contributed by atoms with Crippen molar-refractivity contribution in [3.63, 3.8) is 0 Å². The fourth-order valence-electron chi connectivity index (χ4n) is 3.66. The number of aryl methyl sites for hydroxylation is 1. The van der Waals surface area contributed by atoms with Crippen LogP contribution in [-0.2, 0) is 21.3 Å². The van der Waals surface area contributed by atoms with E-state index in [1.165, 1.54) is 12.4 Å². The third kappa shape index (κ3) is 8.48. The van der Waals surface area contributed by atoms with Crippen molar-refractivity contribution in [2.75, 3.05) is 43.7 Å². The average molecular weight is 539 g/mol. The summed E-state index contributed by atoms with van der Waals surface area (Å²) in [5, 5.41) is 6.94. The molecule has 3 aromatic rings. The fourth-order valence-corrected chi connectivity index (χ4v) is 3.66. The van der Waals surface area contributed by atoms with E-state index in [2.05, 4.69) is 20.4 Å². The van der Waals surface area contributed by atoms with Gasteiger partial charge in [-0.25, -0.2) is 9.97 Å². The largest absolute Gasteiger partial charge is 0.491 e. The Bertz CT molecular complexity index is 1260. The maximum atomic E-state index is 12.9. The molecular formula is C27H34N6O6. The first kappa shape index (κ1) is 28.0. The molecular weight excluding hydrogens is 504 g/mol. The van der Waals surface area contributed by atoms with Crippen LogP contribution in [0.15, 0.2) is 42.9 Å². The number of aromatic nitrogens is 4. The zero-order valence-electron chi connectivity index (χ0n) is 22.6. The van der Waals surface area contributed by atoms with E-state index in [9.17, 15) is 9.59 Å². The van der Waals surface area contributed by atoms with Crippen LogP contribution in [0.1, 0.15) is 37.0 Å². The highest BCUT2D eigenvalue weighted by atomic mass is 16.5. The quantitative estimate of drug-likeness (QED) is 0.307. The number of methoxy groups -OCH3 is 1. The van der Waals surface area contributed by atoms with E-state index in [0.717, 1.165) is 12.8 Å². The van der Waals surface area contributed by atoms with Crippen LogP contribution in [0, 0.1) is 5.92 Å². The molecule has 1 aromatic carbocycles. The average Bonchev–Trinajstić information content (AvgIpc) is 3.64. The fraction of sp³-hybridized carbons (Fsp3) is 0.444. The number of ether oxygens (including phenoxy) is 4. The predicted octanol–water partition coefficient (Wildman–Crippen LogP) is 3.45. The first-order valence-corrected chi connectivity index (χ1v) is 12.8. The molecule has 2 heterocycles. The molecule has 1 fully saturated rings. The van der Waals surface area contributed by atoms with Gasteiger partial charge in [-0.05, 0) is 44.7 Å². The smallest absolute Gasteiger partial charge is 0.257 e. The predicted molar refractivity (Wildman–Crippen MR) is 143 cm³/mol. The number of nitrogens with zero attached hydrogens (tertiary/aromatic N) is 5. The van der Waals surface area contributed by atoms with E-state index in [-0.39, 0.29) is 30.4 Å². The van der Waals surface area contributed by atoms with Crippen molar-refractivity contribution in [1.29, 1.82) is 0 Å². The van der Waals surface area contributed by atoms with Gasteiger partial charge in [-0.15, -0.1) is 0 Å². The third-order valence-electron chi connectivity index (χ3n) is 5.68. The molecule has 39 heavy (non-hydrogen) atoms. The molecule has 0 aliphatic heterocycles. The Morgan fingerprint density at radius 3 is 2.56 bits per heavy atom. The Balaban J connectivity index is 1.48. The van der Waals surface area contributed by atoms with Gasteiger partial charge >= 0.3 is 0 Å². The molecule has 0 radical (unpaired) electrons. The number of rotatable bonds is 14. The molecule has 0 saturated heterocycles. The van der Waals surface area contributed by atoms with E-state index in [0.29, 0.717) is 54.4 Å². The van der Waals surface area contributed by atoms with Gasteiger partial charge in [0.1, 0.15) is 18.1 Å². The number of hydrogen-bond donors (Lipinski definition) is 1. The zero-order chi connectivity index (χ0) is 27.8. The lowest BCUT2D eigenvalue weighted by Gasteiger charge is -2.21. The van der Waals surface area contributed by atoms with Crippen LogP contribution >= 0.6 is 0 Å². The van der Waals surface area contributed by atoms with Gasteiger partial charge in [-0.3, -0.25) is 19.2 Å². The number of amides is 2. The summed E-state index contributed by atoms with van der Waals surface area (Å²) in [7, 11) is 3.35. The van der Waals surface area contributed by atoms with Crippen LogP contribution in [0.3, 0.4) is 0 Å². The topological polar surface area (TPSA) is 130 Å². The van der Waals surface area contributed by atoms with Crippen LogP contribution in [0.4, 0.5) is 11.6 Å². The highest BCUT2D eigenvalue weighted by Gasteiger charge is 2.28. The second-order valence-electron chi connectivity index (χ2n) is 9.50. The van der Waals surface area contributed by atoms with Gasteiger partial charge in [0.2, 0.25) is 5.88 Å². The molecule has 12 nitrogen and oxygen atoms in total. The number of carbonyl (C=O) groups excluding carboxylic acids is 2. The molecule has 0 unspecified atom stereocenters. The van der Waals surface area contributed by atoms with E-state index in [1.807, 2.05) is 13.8 Å². The minimum Gasteiger partial charge on any atom is -0.491 e. The number of nitrogens with one attached hydrogen (secondary N) is 1. The van der Waals surface area contributed by atoms with Crippen LogP contribution < -0.4 is 19.7 Å². The minimum atomic E-state index is -0.365. The Morgan fingerprint density at radius 2 is 1.92 bits per heavy atom. The SMILES string of the molecule is COCCOCC(=O)N(CC1CC1)c1cnc(Oc2cc(OC(C)C)cc(C(=O)Nc3ccn(C)n3)c2)cn1. The van der Waals surface area contributed by atoms with E-state index < -0.39 is 0 Å². The molecule has 2 amide bonds. The van der Waals surface area contributed by atoms with Crippen molar-refractivity contribution in [1.82, 2.24) is 19.7 Å². The Kier molecular flexibility index (Phi) is 9.45. The van der Waals surface area contributed by atoms with Gasteiger partial charge in [0.05, 0.1) is 31.7 Å². The van der Waals surface area contributed by atoms with Gasteiger partial charge in [0.15, 0.2) is 11.6 Å². The van der Waals surface area contributed by atoms with Gasteiger partial charge in [-0.2, -0.15) is 5.10 Å². The van der Waals surface area contributed by atoms with Crippen molar-refractivity contribution in [2.24, 2.45) is 13.0 Å². The molecule has 0 atom stereocenters. The van der Waals surface area contributed by atoms with Crippen molar-refractivity contribution in [2.45, 2.75) is 32.8 Å².